The van der Waals surface area contributed by atoms with E-state index in [9.17, 15) is 0 Å². The van der Waals surface area contributed by atoms with Gasteiger partial charge in [0.05, 0.1) is 0 Å². The Hall–Kier alpha value is -0.330. The minimum absolute atomic E-state index is 0.795. The van der Waals surface area contributed by atoms with Crippen LogP contribution in [0, 0.1) is 17.2 Å². The number of rotatable bonds is 1. The van der Waals surface area contributed by atoms with Crippen LogP contribution in [0.5, 0.6) is 0 Å². The predicted octanol–water partition coefficient (Wildman–Crippen LogP) is 2.07. The smallest absolute Gasteiger partial charge is 0.00951 e. The molecule has 0 spiro atoms. The lowest BCUT2D eigenvalue weighted by Crippen LogP contribution is -2.26. The molecule has 1 aliphatic carbocycles. The van der Waals surface area contributed by atoms with Crippen LogP contribution in [0.4, 0.5) is 0 Å². The number of hydrogen-bond donors (Lipinski definition) is 1. The number of hydrogen-bond acceptors (Lipinski definition) is 1. The molecule has 0 atom stereocenters. The summed E-state index contributed by atoms with van der Waals surface area (Å²) in [5, 5.41) is 7.15. The molecule has 0 aromatic heterocycles. The maximum Gasteiger partial charge on any atom is 0.00951 e. The van der Waals surface area contributed by atoms with E-state index in [4.69, 9.17) is 5.41 Å². The summed E-state index contributed by atoms with van der Waals surface area (Å²) < 4.78 is 0. The second-order valence-corrected chi connectivity index (χ2v) is 3.02. The van der Waals surface area contributed by atoms with E-state index in [1.807, 2.05) is 0 Å². The Morgan fingerprint density at radius 1 is 1.50 bits per heavy atom. The molecule has 0 radical (unpaired) electrons. The van der Waals surface area contributed by atoms with Gasteiger partial charge in [-0.25, -0.2) is 0 Å². The van der Waals surface area contributed by atoms with Crippen molar-refractivity contribution in [2.24, 2.45) is 11.8 Å². The van der Waals surface area contributed by atoms with Crippen LogP contribution in [-0.4, -0.2) is 5.71 Å². The summed E-state index contributed by atoms with van der Waals surface area (Å²) in [6, 6.07) is 0. The summed E-state index contributed by atoms with van der Waals surface area (Å²) in [4.78, 5) is 0. The molecule has 1 rings (SSSR count). The average Bonchev–Trinajstić information content (AvgIpc) is 1.57. The van der Waals surface area contributed by atoms with Crippen molar-refractivity contribution in [2.45, 2.75) is 26.7 Å². The van der Waals surface area contributed by atoms with Crippen molar-refractivity contribution in [1.82, 2.24) is 0 Å². The van der Waals surface area contributed by atoms with Crippen molar-refractivity contribution >= 4 is 5.71 Å². The topological polar surface area (TPSA) is 23.9 Å². The molecule has 1 heteroatoms. The van der Waals surface area contributed by atoms with E-state index in [0.29, 0.717) is 0 Å². The zero-order chi connectivity index (χ0) is 6.15. The Morgan fingerprint density at radius 2 is 2.00 bits per heavy atom. The van der Waals surface area contributed by atoms with Crippen LogP contribution >= 0.6 is 0 Å². The molecular formula is C7H13N. The number of nitrogens with one attached hydrogen (secondary N) is 1. The minimum atomic E-state index is 0.795. The van der Waals surface area contributed by atoms with Crippen LogP contribution in [0.15, 0.2) is 0 Å². The summed E-state index contributed by atoms with van der Waals surface area (Å²) in [5.74, 6) is 1.63. The Labute approximate surface area is 50.6 Å². The van der Waals surface area contributed by atoms with Gasteiger partial charge in [-0.2, -0.15) is 0 Å². The summed E-state index contributed by atoms with van der Waals surface area (Å²) in [6.45, 7) is 4.47. The lowest BCUT2D eigenvalue weighted by molar-refractivity contribution is 0.362. The van der Waals surface area contributed by atoms with Gasteiger partial charge in [-0.1, -0.05) is 13.8 Å². The second-order valence-electron chi connectivity index (χ2n) is 3.02. The largest absolute Gasteiger partial charge is 0.310 e. The Kier molecular flexibility index (Phi) is 1.37. The maximum atomic E-state index is 7.15. The van der Waals surface area contributed by atoms with Gasteiger partial charge in [0.15, 0.2) is 0 Å². The highest BCUT2D eigenvalue weighted by molar-refractivity contribution is 5.87. The highest BCUT2D eigenvalue weighted by atomic mass is 14.5. The summed E-state index contributed by atoms with van der Waals surface area (Å²) in [7, 11) is 0. The molecule has 0 aromatic carbocycles. The van der Waals surface area contributed by atoms with E-state index < -0.39 is 0 Å². The van der Waals surface area contributed by atoms with Gasteiger partial charge in [0.25, 0.3) is 0 Å². The van der Waals surface area contributed by atoms with Crippen LogP contribution in [0.25, 0.3) is 0 Å². The van der Waals surface area contributed by atoms with Crippen LogP contribution in [0.2, 0.25) is 0 Å². The summed E-state index contributed by atoms with van der Waals surface area (Å²) in [5.41, 5.74) is 0.948. The summed E-state index contributed by atoms with van der Waals surface area (Å²) >= 11 is 0. The van der Waals surface area contributed by atoms with Gasteiger partial charge in [0.1, 0.15) is 0 Å². The van der Waals surface area contributed by atoms with Gasteiger partial charge < -0.3 is 5.41 Å². The summed E-state index contributed by atoms with van der Waals surface area (Å²) in [6.07, 6.45) is 2.13. The van der Waals surface area contributed by atoms with Gasteiger partial charge >= 0.3 is 0 Å². The molecule has 0 aliphatic heterocycles. The molecule has 0 amide bonds. The van der Waals surface area contributed by atoms with Gasteiger partial charge in [-0.3, -0.25) is 0 Å². The minimum Gasteiger partial charge on any atom is -0.310 e. The van der Waals surface area contributed by atoms with Crippen molar-refractivity contribution in [3.05, 3.63) is 0 Å². The van der Waals surface area contributed by atoms with Crippen LogP contribution in [-0.2, 0) is 0 Å². The molecule has 0 heterocycles. The molecule has 1 saturated carbocycles. The first-order chi connectivity index (χ1) is 3.70. The molecule has 0 saturated heterocycles. The van der Waals surface area contributed by atoms with Crippen molar-refractivity contribution in [2.75, 3.05) is 0 Å². The molecular weight excluding hydrogens is 98.1 g/mol. The Morgan fingerprint density at radius 3 is 2.12 bits per heavy atom. The van der Waals surface area contributed by atoms with Crippen LogP contribution in [0.1, 0.15) is 26.7 Å². The molecule has 8 heavy (non-hydrogen) atoms. The fourth-order valence-corrected chi connectivity index (χ4v) is 1.04. The highest BCUT2D eigenvalue weighted by Crippen LogP contribution is 2.29. The lowest BCUT2D eigenvalue weighted by atomic mass is 9.76. The van der Waals surface area contributed by atoms with E-state index in [-0.39, 0.29) is 0 Å². The molecule has 0 bridgehead atoms. The Balaban J connectivity index is 2.25. The molecule has 0 aromatic rings. The van der Waals surface area contributed by atoms with Gasteiger partial charge in [0.2, 0.25) is 0 Å². The van der Waals surface area contributed by atoms with Crippen molar-refractivity contribution in [1.29, 1.82) is 5.41 Å². The third-order valence-electron chi connectivity index (χ3n) is 1.96. The second kappa shape index (κ2) is 1.88. The van der Waals surface area contributed by atoms with E-state index in [2.05, 4.69) is 13.8 Å². The van der Waals surface area contributed by atoms with E-state index >= 15 is 0 Å². The van der Waals surface area contributed by atoms with E-state index in [1.165, 1.54) is 0 Å². The Bertz CT molecular complexity index is 97.0. The SMILES string of the molecule is CC(C)C1CC(=N)C1. The first-order valence-corrected chi connectivity index (χ1v) is 3.26. The molecule has 0 unspecified atom stereocenters. The zero-order valence-electron chi connectivity index (χ0n) is 5.57. The quantitative estimate of drug-likeness (QED) is 0.535. The third kappa shape index (κ3) is 0.908. The molecule has 1 N–H and O–H groups in total. The predicted molar refractivity (Wildman–Crippen MR) is 35.3 cm³/mol. The average molecular weight is 111 g/mol. The molecule has 46 valence electrons. The van der Waals surface area contributed by atoms with Crippen LogP contribution in [0.3, 0.4) is 0 Å². The maximum absolute atomic E-state index is 7.15. The molecule has 1 nitrogen and oxygen atoms in total. The van der Waals surface area contributed by atoms with Crippen molar-refractivity contribution in [3.8, 4) is 0 Å². The normalized spacial score (nSPS) is 28.4. The molecule has 1 fully saturated rings. The standard InChI is InChI=1S/C7H13N/c1-5(2)6-3-7(8)4-6/h5-6,8H,3-4H2,1-2H3. The van der Waals surface area contributed by atoms with Crippen molar-refractivity contribution < 1.29 is 0 Å². The van der Waals surface area contributed by atoms with Gasteiger partial charge in [-0.05, 0) is 24.7 Å². The van der Waals surface area contributed by atoms with E-state index in [1.54, 1.807) is 0 Å². The van der Waals surface area contributed by atoms with Crippen LogP contribution < -0.4 is 0 Å². The third-order valence-corrected chi connectivity index (χ3v) is 1.96. The van der Waals surface area contributed by atoms with Gasteiger partial charge in [-0.15, -0.1) is 0 Å². The highest BCUT2D eigenvalue weighted by Gasteiger charge is 2.25. The van der Waals surface area contributed by atoms with Crippen molar-refractivity contribution in [3.63, 3.8) is 0 Å². The fourth-order valence-electron chi connectivity index (χ4n) is 1.04. The fraction of sp³-hybridized carbons (Fsp3) is 0.857. The zero-order valence-corrected chi connectivity index (χ0v) is 5.57. The van der Waals surface area contributed by atoms with E-state index in [0.717, 1.165) is 30.4 Å². The van der Waals surface area contributed by atoms with Gasteiger partial charge in [0, 0.05) is 5.71 Å². The monoisotopic (exact) mass is 111 g/mol. The first kappa shape index (κ1) is 5.80. The lowest BCUT2D eigenvalue weighted by Gasteiger charge is -2.29. The molecule has 1 aliphatic rings. The first-order valence-electron chi connectivity index (χ1n) is 3.26.